The molecule has 0 spiro atoms. The summed E-state index contributed by atoms with van der Waals surface area (Å²) >= 11 is 1.25. The van der Waals surface area contributed by atoms with E-state index in [-0.39, 0.29) is 16.3 Å². The molecule has 1 amide bonds. The first-order valence-corrected chi connectivity index (χ1v) is 8.61. The highest BCUT2D eigenvalue weighted by atomic mass is 32.2. The maximum atomic E-state index is 12.0. The average Bonchev–Trinajstić information content (AvgIpc) is 2.89. The molecule has 6 heteroatoms. The van der Waals surface area contributed by atoms with Crippen molar-refractivity contribution in [1.82, 2.24) is 9.88 Å². The van der Waals surface area contributed by atoms with Crippen LogP contribution in [0.25, 0.3) is 0 Å². The van der Waals surface area contributed by atoms with Crippen LogP contribution in [0.4, 0.5) is 0 Å². The van der Waals surface area contributed by atoms with E-state index in [1.54, 1.807) is 17.2 Å². The minimum Gasteiger partial charge on any atom is -0.439 e. The first kappa shape index (κ1) is 16.5. The van der Waals surface area contributed by atoms with E-state index in [2.05, 4.69) is 4.98 Å². The first-order chi connectivity index (χ1) is 11.6. The van der Waals surface area contributed by atoms with Crippen molar-refractivity contribution in [2.75, 3.05) is 6.54 Å². The molecule has 1 aromatic heterocycles. The van der Waals surface area contributed by atoms with Crippen LogP contribution in [0.15, 0.2) is 48.7 Å². The summed E-state index contributed by atoms with van der Waals surface area (Å²) in [7, 11) is 0. The Morgan fingerprint density at radius 1 is 1.29 bits per heavy atom. The second-order valence-corrected chi connectivity index (χ2v) is 7.11. The third kappa shape index (κ3) is 4.35. The monoisotopic (exact) mass is 342 g/mol. The normalized spacial score (nSPS) is 17.1. The minimum absolute atomic E-state index is 0.0544. The molecule has 0 saturated carbocycles. The van der Waals surface area contributed by atoms with E-state index < -0.39 is 0 Å². The van der Waals surface area contributed by atoms with Crippen molar-refractivity contribution in [2.45, 2.75) is 25.1 Å². The molecule has 1 saturated heterocycles. The number of hydrogen-bond donors (Lipinski definition) is 0. The summed E-state index contributed by atoms with van der Waals surface area (Å²) in [6.45, 7) is 2.64. The van der Waals surface area contributed by atoms with Crippen LogP contribution in [0, 0.1) is 0 Å². The molecule has 24 heavy (non-hydrogen) atoms. The fraction of sp³-hybridized carbons (Fsp3) is 0.278. The van der Waals surface area contributed by atoms with Gasteiger partial charge < -0.3 is 9.64 Å². The number of pyridine rings is 1. The highest BCUT2D eigenvalue weighted by molar-refractivity contribution is 8.14. The van der Waals surface area contributed by atoms with Crippen molar-refractivity contribution in [3.8, 4) is 11.6 Å². The maximum Gasteiger partial charge on any atom is 0.224 e. The highest BCUT2D eigenvalue weighted by Gasteiger charge is 2.30. The Balaban J connectivity index is 1.58. The van der Waals surface area contributed by atoms with Gasteiger partial charge in [-0.25, -0.2) is 4.98 Å². The Bertz CT molecular complexity index is 719. The summed E-state index contributed by atoms with van der Waals surface area (Å²) in [4.78, 5) is 29.3. The molecule has 1 atom stereocenters. The predicted octanol–water partition coefficient (Wildman–Crippen LogP) is 3.25. The number of amides is 1. The molecule has 0 radical (unpaired) electrons. The van der Waals surface area contributed by atoms with E-state index >= 15 is 0 Å². The number of para-hydroxylation sites is 1. The van der Waals surface area contributed by atoms with Gasteiger partial charge in [0.2, 0.25) is 11.8 Å². The summed E-state index contributed by atoms with van der Waals surface area (Å²) in [5.74, 6) is 1.33. The second-order valence-electron chi connectivity index (χ2n) is 5.63. The molecule has 1 fully saturated rings. The molecule has 5 nitrogen and oxygen atoms in total. The molecule has 2 aromatic rings. The van der Waals surface area contributed by atoms with Crippen molar-refractivity contribution in [1.29, 1.82) is 0 Å². The number of thioether (sulfide) groups is 1. The molecule has 1 aliphatic heterocycles. The molecule has 3 rings (SSSR count). The largest absolute Gasteiger partial charge is 0.439 e. The van der Waals surface area contributed by atoms with Gasteiger partial charge in [0.1, 0.15) is 5.75 Å². The molecule has 0 aliphatic carbocycles. The van der Waals surface area contributed by atoms with E-state index in [1.807, 2.05) is 36.4 Å². The van der Waals surface area contributed by atoms with E-state index in [9.17, 15) is 9.59 Å². The molecule has 1 aromatic carbocycles. The number of rotatable bonds is 5. The Kier molecular flexibility index (Phi) is 5.15. The Morgan fingerprint density at radius 2 is 2.08 bits per heavy atom. The van der Waals surface area contributed by atoms with Gasteiger partial charge in [0, 0.05) is 43.9 Å². The minimum atomic E-state index is 0.0544. The number of benzene rings is 1. The lowest BCUT2D eigenvalue weighted by molar-refractivity contribution is -0.128. The lowest BCUT2D eigenvalue weighted by Crippen LogP contribution is -2.25. The second kappa shape index (κ2) is 7.49. The third-order valence-corrected chi connectivity index (χ3v) is 4.63. The molecule has 124 valence electrons. The van der Waals surface area contributed by atoms with E-state index in [1.165, 1.54) is 18.7 Å². The van der Waals surface area contributed by atoms with Gasteiger partial charge in [-0.3, -0.25) is 9.59 Å². The average molecular weight is 342 g/mol. The number of hydrogen-bond acceptors (Lipinski definition) is 5. The number of nitrogens with zero attached hydrogens (tertiary/aromatic N) is 2. The zero-order chi connectivity index (χ0) is 16.9. The molecular formula is C18H18N2O3S. The fourth-order valence-corrected chi connectivity index (χ4v) is 3.55. The van der Waals surface area contributed by atoms with Gasteiger partial charge >= 0.3 is 0 Å². The van der Waals surface area contributed by atoms with Crippen LogP contribution >= 0.6 is 11.8 Å². The molecule has 0 N–H and O–H groups in total. The zero-order valence-electron chi connectivity index (χ0n) is 13.3. The smallest absolute Gasteiger partial charge is 0.224 e. The van der Waals surface area contributed by atoms with E-state index in [4.69, 9.17) is 4.74 Å². The van der Waals surface area contributed by atoms with Gasteiger partial charge in [-0.2, -0.15) is 0 Å². The summed E-state index contributed by atoms with van der Waals surface area (Å²) in [5.41, 5.74) is 0.942. The topological polar surface area (TPSA) is 59.5 Å². The lowest BCUT2D eigenvalue weighted by atomic mass is 10.2. The molecule has 0 unspecified atom stereocenters. The van der Waals surface area contributed by atoms with Crippen molar-refractivity contribution in [2.24, 2.45) is 0 Å². The summed E-state index contributed by atoms with van der Waals surface area (Å²) in [6, 6.07) is 13.2. The molecule has 2 heterocycles. The van der Waals surface area contributed by atoms with Crippen LogP contribution in [-0.2, 0) is 16.1 Å². The number of ether oxygens (including phenoxy) is 1. The van der Waals surface area contributed by atoms with Crippen molar-refractivity contribution >= 4 is 22.8 Å². The maximum absolute atomic E-state index is 12.0. The van der Waals surface area contributed by atoms with Crippen molar-refractivity contribution < 1.29 is 14.3 Å². The number of carbonyl (C=O) groups excluding carboxylic acids is 2. The van der Waals surface area contributed by atoms with Crippen LogP contribution in [0.2, 0.25) is 0 Å². The van der Waals surface area contributed by atoms with Gasteiger partial charge in [0.25, 0.3) is 0 Å². The molecule has 0 bridgehead atoms. The predicted molar refractivity (Wildman–Crippen MR) is 92.8 cm³/mol. The van der Waals surface area contributed by atoms with Crippen LogP contribution in [0.3, 0.4) is 0 Å². The number of carbonyl (C=O) groups is 2. The Morgan fingerprint density at radius 3 is 2.75 bits per heavy atom. The van der Waals surface area contributed by atoms with Crippen molar-refractivity contribution in [3.05, 3.63) is 54.2 Å². The standard InChI is InChI=1S/C18H18N2O3S/c1-13(21)24-16-9-18(22)20(12-16)11-14-7-8-17(19-10-14)23-15-5-3-2-4-6-15/h2-8,10,16H,9,11-12H2,1H3/t16-/m1/s1. The van der Waals surface area contributed by atoms with Gasteiger partial charge in [-0.15, -0.1) is 0 Å². The van der Waals surface area contributed by atoms with Gasteiger partial charge in [0.05, 0.1) is 0 Å². The summed E-state index contributed by atoms with van der Waals surface area (Å²) in [5, 5.41) is 0.113. The van der Waals surface area contributed by atoms with Gasteiger partial charge in [-0.1, -0.05) is 36.0 Å². The van der Waals surface area contributed by atoms with Crippen LogP contribution in [-0.4, -0.2) is 32.7 Å². The quantitative estimate of drug-likeness (QED) is 0.835. The Labute approximate surface area is 145 Å². The SMILES string of the molecule is CC(=O)S[C@@H]1CC(=O)N(Cc2ccc(Oc3ccccc3)nc2)C1. The van der Waals surface area contributed by atoms with Crippen LogP contribution < -0.4 is 4.74 Å². The Hall–Kier alpha value is -2.34. The number of aromatic nitrogens is 1. The number of likely N-dealkylation sites (tertiary alicyclic amines) is 1. The molecular weight excluding hydrogens is 324 g/mol. The van der Waals surface area contributed by atoms with Crippen molar-refractivity contribution in [3.63, 3.8) is 0 Å². The van der Waals surface area contributed by atoms with Crippen LogP contribution in [0.5, 0.6) is 11.6 Å². The van der Waals surface area contributed by atoms with Crippen LogP contribution in [0.1, 0.15) is 18.9 Å². The van der Waals surface area contributed by atoms with E-state index in [0.29, 0.717) is 25.4 Å². The lowest BCUT2D eigenvalue weighted by Gasteiger charge is -2.16. The molecule has 1 aliphatic rings. The third-order valence-electron chi connectivity index (χ3n) is 3.65. The van der Waals surface area contributed by atoms with Gasteiger partial charge in [0.15, 0.2) is 5.12 Å². The first-order valence-electron chi connectivity index (χ1n) is 7.73. The fourth-order valence-electron chi connectivity index (χ4n) is 2.60. The zero-order valence-corrected chi connectivity index (χ0v) is 14.2. The highest BCUT2D eigenvalue weighted by Crippen LogP contribution is 2.26. The van der Waals surface area contributed by atoms with E-state index in [0.717, 1.165) is 11.3 Å². The summed E-state index contributed by atoms with van der Waals surface area (Å²) < 4.78 is 5.65. The summed E-state index contributed by atoms with van der Waals surface area (Å²) in [6.07, 6.45) is 2.14. The van der Waals surface area contributed by atoms with Gasteiger partial charge in [-0.05, 0) is 17.7 Å².